The molecule has 0 heterocycles. The molecule has 6 heteroatoms. The predicted molar refractivity (Wildman–Crippen MR) is 113 cm³/mol. The van der Waals surface area contributed by atoms with Gasteiger partial charge in [0.15, 0.2) is 0 Å². The van der Waals surface area contributed by atoms with Crippen molar-refractivity contribution in [1.29, 1.82) is 0 Å². The van der Waals surface area contributed by atoms with Gasteiger partial charge in [-0.3, -0.25) is 9.59 Å². The van der Waals surface area contributed by atoms with Gasteiger partial charge in [0, 0.05) is 23.6 Å². The largest absolute Gasteiger partial charge is 0.495 e. The summed E-state index contributed by atoms with van der Waals surface area (Å²) in [6, 6.07) is 12.5. The van der Waals surface area contributed by atoms with Crippen molar-refractivity contribution in [2.24, 2.45) is 0 Å². The molecule has 5 nitrogen and oxygen atoms in total. The lowest BCUT2D eigenvalue weighted by Gasteiger charge is -2.21. The smallest absolute Gasteiger partial charge is 0.251 e. The van der Waals surface area contributed by atoms with E-state index in [1.54, 1.807) is 31.4 Å². The number of ether oxygens (including phenoxy) is 1. The Kier molecular flexibility index (Phi) is 7.46. The molecule has 0 unspecified atom stereocenters. The summed E-state index contributed by atoms with van der Waals surface area (Å²) in [5.41, 5.74) is 2.28. The molecular weight excluding hydrogens is 376 g/mol. The number of anilines is 1. The van der Waals surface area contributed by atoms with Gasteiger partial charge in [0.1, 0.15) is 5.75 Å². The van der Waals surface area contributed by atoms with Gasteiger partial charge in [-0.15, -0.1) is 0 Å². The number of hydrogen-bond acceptors (Lipinski definition) is 3. The number of benzene rings is 2. The first-order chi connectivity index (χ1) is 13.2. The molecule has 28 heavy (non-hydrogen) atoms. The Hall–Kier alpha value is -2.53. The summed E-state index contributed by atoms with van der Waals surface area (Å²) in [5, 5.41) is 6.29. The van der Waals surface area contributed by atoms with Gasteiger partial charge in [-0.25, -0.2) is 0 Å². The number of methoxy groups -OCH3 is 1. The van der Waals surface area contributed by atoms with Gasteiger partial charge < -0.3 is 15.4 Å². The van der Waals surface area contributed by atoms with Crippen molar-refractivity contribution < 1.29 is 14.3 Å². The van der Waals surface area contributed by atoms with E-state index in [9.17, 15) is 9.59 Å². The Balaban J connectivity index is 1.85. The standard InChI is InChI=1S/C22H27ClN2O3/c1-22(2,3)16-9-12-19(28-4)18(14-16)25-20(26)6-5-13-24-21(27)15-7-10-17(23)11-8-15/h7-12,14H,5-6,13H2,1-4H3,(H,24,27)(H,25,26). The zero-order valence-corrected chi connectivity index (χ0v) is 17.5. The highest BCUT2D eigenvalue weighted by Crippen LogP contribution is 2.31. The SMILES string of the molecule is COc1ccc(C(C)(C)C)cc1NC(=O)CCCNC(=O)c1ccc(Cl)cc1. The van der Waals surface area contributed by atoms with Crippen molar-refractivity contribution in [3.8, 4) is 5.75 Å². The number of carbonyl (C=O) groups excluding carboxylic acids is 2. The number of rotatable bonds is 7. The molecular formula is C22H27ClN2O3. The van der Waals surface area contributed by atoms with Gasteiger partial charge >= 0.3 is 0 Å². The average Bonchev–Trinajstić information content (AvgIpc) is 2.65. The highest BCUT2D eigenvalue weighted by atomic mass is 35.5. The molecule has 0 aliphatic carbocycles. The Morgan fingerprint density at radius 3 is 2.36 bits per heavy atom. The van der Waals surface area contributed by atoms with Crippen LogP contribution in [-0.4, -0.2) is 25.5 Å². The molecule has 0 aliphatic heterocycles. The fourth-order valence-electron chi connectivity index (χ4n) is 2.64. The normalized spacial score (nSPS) is 11.0. The van der Waals surface area contributed by atoms with Gasteiger partial charge in [-0.05, 0) is 53.8 Å². The van der Waals surface area contributed by atoms with Gasteiger partial charge in [-0.1, -0.05) is 38.4 Å². The van der Waals surface area contributed by atoms with Gasteiger partial charge in [-0.2, -0.15) is 0 Å². The minimum Gasteiger partial charge on any atom is -0.495 e. The summed E-state index contributed by atoms with van der Waals surface area (Å²) in [4.78, 5) is 24.3. The highest BCUT2D eigenvalue weighted by molar-refractivity contribution is 6.30. The van der Waals surface area contributed by atoms with Crippen LogP contribution in [0, 0.1) is 0 Å². The van der Waals surface area contributed by atoms with E-state index in [2.05, 4.69) is 31.4 Å². The molecule has 2 rings (SSSR count). The first-order valence-electron chi connectivity index (χ1n) is 9.23. The third kappa shape index (κ3) is 6.27. The fourth-order valence-corrected chi connectivity index (χ4v) is 2.77. The first-order valence-corrected chi connectivity index (χ1v) is 9.60. The van der Waals surface area contributed by atoms with Crippen LogP contribution in [0.5, 0.6) is 5.75 Å². The molecule has 0 aromatic heterocycles. The lowest BCUT2D eigenvalue weighted by Crippen LogP contribution is -2.25. The number of amides is 2. The molecule has 0 saturated heterocycles. The van der Waals surface area contributed by atoms with E-state index in [4.69, 9.17) is 16.3 Å². The third-order valence-corrected chi connectivity index (χ3v) is 4.56. The van der Waals surface area contributed by atoms with E-state index in [0.29, 0.717) is 41.4 Å². The molecule has 0 bridgehead atoms. The van der Waals surface area contributed by atoms with Crippen molar-refractivity contribution in [2.75, 3.05) is 19.0 Å². The lowest BCUT2D eigenvalue weighted by molar-refractivity contribution is -0.116. The number of carbonyl (C=O) groups is 2. The van der Waals surface area contributed by atoms with Crippen LogP contribution in [0.25, 0.3) is 0 Å². The maximum atomic E-state index is 12.3. The molecule has 0 spiro atoms. The minimum atomic E-state index is -0.184. The maximum Gasteiger partial charge on any atom is 0.251 e. The molecule has 0 fully saturated rings. The monoisotopic (exact) mass is 402 g/mol. The van der Waals surface area contributed by atoms with Crippen molar-refractivity contribution >= 4 is 29.1 Å². The van der Waals surface area contributed by atoms with E-state index in [0.717, 1.165) is 5.56 Å². The summed E-state index contributed by atoms with van der Waals surface area (Å²) < 4.78 is 5.35. The van der Waals surface area contributed by atoms with Gasteiger partial charge in [0.25, 0.3) is 5.91 Å². The van der Waals surface area contributed by atoms with Crippen molar-refractivity contribution in [3.05, 3.63) is 58.6 Å². The molecule has 0 radical (unpaired) electrons. The third-order valence-electron chi connectivity index (χ3n) is 4.31. The predicted octanol–water partition coefficient (Wildman–Crippen LogP) is 4.79. The Labute approximate surface area is 171 Å². The summed E-state index contributed by atoms with van der Waals surface area (Å²) in [5.74, 6) is 0.319. The number of hydrogen-bond donors (Lipinski definition) is 2. The van der Waals surface area contributed by atoms with E-state index in [1.165, 1.54) is 0 Å². The van der Waals surface area contributed by atoms with Crippen LogP contribution in [0.15, 0.2) is 42.5 Å². The summed E-state index contributed by atoms with van der Waals surface area (Å²) in [6.45, 7) is 6.76. The Morgan fingerprint density at radius 2 is 1.75 bits per heavy atom. The Morgan fingerprint density at radius 1 is 1.07 bits per heavy atom. The van der Waals surface area contributed by atoms with Crippen LogP contribution in [0.4, 0.5) is 5.69 Å². The van der Waals surface area contributed by atoms with Crippen LogP contribution < -0.4 is 15.4 Å². The van der Waals surface area contributed by atoms with Crippen LogP contribution >= 0.6 is 11.6 Å². The van der Waals surface area contributed by atoms with Gasteiger partial charge in [0.2, 0.25) is 5.91 Å². The van der Waals surface area contributed by atoms with Crippen molar-refractivity contribution in [2.45, 2.75) is 39.0 Å². The van der Waals surface area contributed by atoms with Crippen molar-refractivity contribution in [1.82, 2.24) is 5.32 Å². The van der Waals surface area contributed by atoms with Crippen LogP contribution in [0.1, 0.15) is 49.5 Å². The molecule has 0 saturated carbocycles. The Bertz CT molecular complexity index is 827. The van der Waals surface area contributed by atoms with E-state index >= 15 is 0 Å². The van der Waals surface area contributed by atoms with Gasteiger partial charge in [0.05, 0.1) is 12.8 Å². The molecule has 2 aromatic rings. The number of nitrogens with one attached hydrogen (secondary N) is 2. The number of halogens is 1. The summed E-state index contributed by atoms with van der Waals surface area (Å²) in [7, 11) is 1.58. The molecule has 0 aliphatic rings. The van der Waals surface area contributed by atoms with Crippen molar-refractivity contribution in [3.63, 3.8) is 0 Å². The lowest BCUT2D eigenvalue weighted by atomic mass is 9.87. The summed E-state index contributed by atoms with van der Waals surface area (Å²) >= 11 is 5.82. The molecule has 2 aromatic carbocycles. The second-order valence-corrected chi connectivity index (χ2v) is 8.02. The fraction of sp³-hybridized carbons (Fsp3) is 0.364. The van der Waals surface area contributed by atoms with Crippen LogP contribution in [0.3, 0.4) is 0 Å². The first kappa shape index (κ1) is 21.8. The molecule has 2 N–H and O–H groups in total. The topological polar surface area (TPSA) is 67.4 Å². The summed E-state index contributed by atoms with van der Waals surface area (Å²) in [6.07, 6.45) is 0.830. The van der Waals surface area contributed by atoms with E-state index in [-0.39, 0.29) is 17.2 Å². The second-order valence-electron chi connectivity index (χ2n) is 7.58. The van der Waals surface area contributed by atoms with Crippen LogP contribution in [0.2, 0.25) is 5.02 Å². The quantitative estimate of drug-likeness (QED) is 0.654. The molecule has 0 atom stereocenters. The second kappa shape index (κ2) is 9.60. The highest BCUT2D eigenvalue weighted by Gasteiger charge is 2.17. The zero-order valence-electron chi connectivity index (χ0n) is 16.8. The van der Waals surface area contributed by atoms with E-state index in [1.807, 2.05) is 18.2 Å². The van der Waals surface area contributed by atoms with Crippen LogP contribution in [-0.2, 0) is 10.2 Å². The average molecular weight is 403 g/mol. The zero-order chi connectivity index (χ0) is 20.7. The maximum absolute atomic E-state index is 12.3. The minimum absolute atomic E-state index is 0.0301. The molecule has 150 valence electrons. The molecule has 2 amide bonds. The van der Waals surface area contributed by atoms with E-state index < -0.39 is 0 Å².